The second-order valence-corrected chi connectivity index (χ2v) is 4.43. The fraction of sp³-hybridized carbons (Fsp3) is 0.500. The minimum atomic E-state index is -0.442. The molecule has 0 heterocycles. The number of anilines is 2. The summed E-state index contributed by atoms with van der Waals surface area (Å²) in [6.07, 6.45) is 0.955. The van der Waals surface area contributed by atoms with E-state index in [9.17, 15) is 4.79 Å². The molecule has 0 saturated heterocycles. The topological polar surface area (TPSA) is 75.8 Å². The van der Waals surface area contributed by atoms with Gasteiger partial charge in [0.05, 0.1) is 19.3 Å². The molecule has 5 nitrogen and oxygen atoms in total. The average molecular weight is 266 g/mol. The summed E-state index contributed by atoms with van der Waals surface area (Å²) in [6.45, 7) is 5.32. The molecule has 0 aliphatic rings. The van der Waals surface area contributed by atoms with Crippen LogP contribution < -0.4 is 10.6 Å². The van der Waals surface area contributed by atoms with Crippen molar-refractivity contribution >= 4 is 17.3 Å². The van der Waals surface area contributed by atoms with E-state index in [1.165, 1.54) is 7.11 Å². The van der Waals surface area contributed by atoms with Crippen molar-refractivity contribution in [2.75, 3.05) is 37.4 Å². The molecule has 0 bridgehead atoms. The van der Waals surface area contributed by atoms with E-state index in [0.29, 0.717) is 17.8 Å². The van der Waals surface area contributed by atoms with Crippen molar-refractivity contribution in [1.82, 2.24) is 0 Å². The molecule has 0 spiro atoms. The molecule has 1 aromatic carbocycles. The van der Waals surface area contributed by atoms with E-state index in [2.05, 4.69) is 6.92 Å². The van der Waals surface area contributed by atoms with E-state index in [1.807, 2.05) is 17.9 Å². The van der Waals surface area contributed by atoms with Crippen LogP contribution in [0.1, 0.15) is 29.3 Å². The average Bonchev–Trinajstić information content (AvgIpc) is 2.40. The molecule has 19 heavy (non-hydrogen) atoms. The summed E-state index contributed by atoms with van der Waals surface area (Å²) in [5, 5.41) is 9.12. The molecule has 0 aromatic heterocycles. The predicted molar refractivity (Wildman–Crippen MR) is 76.5 cm³/mol. The maximum Gasteiger partial charge on any atom is 0.340 e. The number of nitrogen functional groups attached to an aromatic ring is 1. The highest BCUT2D eigenvalue weighted by molar-refractivity contribution is 5.97. The third-order valence-electron chi connectivity index (χ3n) is 3.01. The Morgan fingerprint density at radius 1 is 1.42 bits per heavy atom. The number of carbonyl (C=O) groups is 1. The van der Waals surface area contributed by atoms with Gasteiger partial charge < -0.3 is 20.5 Å². The first-order valence-electron chi connectivity index (χ1n) is 6.39. The van der Waals surface area contributed by atoms with E-state index in [0.717, 1.165) is 24.2 Å². The minimum absolute atomic E-state index is 0.0664. The number of ether oxygens (including phenoxy) is 1. The Balaban J connectivity index is 3.20. The molecule has 1 aromatic rings. The minimum Gasteiger partial charge on any atom is -0.465 e. The zero-order chi connectivity index (χ0) is 14.4. The summed E-state index contributed by atoms with van der Waals surface area (Å²) in [5.41, 5.74) is 8.43. The first-order chi connectivity index (χ1) is 9.04. The Morgan fingerprint density at radius 3 is 2.63 bits per heavy atom. The van der Waals surface area contributed by atoms with E-state index in [4.69, 9.17) is 15.6 Å². The number of rotatable bonds is 6. The molecule has 3 N–H and O–H groups in total. The van der Waals surface area contributed by atoms with Gasteiger partial charge in [0, 0.05) is 24.5 Å². The van der Waals surface area contributed by atoms with Crippen LogP contribution in [0.3, 0.4) is 0 Å². The van der Waals surface area contributed by atoms with Crippen molar-refractivity contribution in [3.63, 3.8) is 0 Å². The summed E-state index contributed by atoms with van der Waals surface area (Å²) in [6, 6.07) is 3.65. The van der Waals surface area contributed by atoms with Crippen LogP contribution in [0.4, 0.5) is 11.4 Å². The smallest absolute Gasteiger partial charge is 0.340 e. The Bertz CT molecular complexity index is 441. The van der Waals surface area contributed by atoms with Crippen LogP contribution in [-0.4, -0.2) is 37.9 Å². The van der Waals surface area contributed by atoms with Gasteiger partial charge in [-0.15, -0.1) is 0 Å². The Kier molecular flexibility index (Phi) is 5.63. The molecule has 1 rings (SSSR count). The second kappa shape index (κ2) is 6.99. The number of hydrogen-bond acceptors (Lipinski definition) is 5. The Hall–Kier alpha value is -1.75. The van der Waals surface area contributed by atoms with Crippen molar-refractivity contribution in [3.05, 3.63) is 23.3 Å². The molecular formula is C14H22N2O3. The highest BCUT2D eigenvalue weighted by Gasteiger charge is 2.16. The largest absolute Gasteiger partial charge is 0.465 e. The van der Waals surface area contributed by atoms with Gasteiger partial charge in [-0.1, -0.05) is 6.92 Å². The number of aliphatic hydroxyl groups is 1. The summed E-state index contributed by atoms with van der Waals surface area (Å²) >= 11 is 0. The van der Waals surface area contributed by atoms with Crippen molar-refractivity contribution in [1.29, 1.82) is 0 Å². The normalized spacial score (nSPS) is 10.3. The lowest BCUT2D eigenvalue weighted by atomic mass is 10.1. The van der Waals surface area contributed by atoms with Gasteiger partial charge in [-0.25, -0.2) is 4.79 Å². The van der Waals surface area contributed by atoms with Crippen molar-refractivity contribution in [2.24, 2.45) is 0 Å². The first kappa shape index (κ1) is 15.3. The van der Waals surface area contributed by atoms with Gasteiger partial charge in [-0.05, 0) is 31.0 Å². The van der Waals surface area contributed by atoms with Crippen molar-refractivity contribution < 1.29 is 14.6 Å². The maximum atomic E-state index is 11.7. The van der Waals surface area contributed by atoms with E-state index in [1.54, 1.807) is 6.07 Å². The van der Waals surface area contributed by atoms with Gasteiger partial charge >= 0.3 is 5.97 Å². The number of aryl methyl sites for hydroxylation is 1. The maximum absolute atomic E-state index is 11.7. The van der Waals surface area contributed by atoms with Crippen LogP contribution in [0.2, 0.25) is 0 Å². The van der Waals surface area contributed by atoms with Crippen molar-refractivity contribution in [2.45, 2.75) is 20.3 Å². The number of nitrogens with zero attached hydrogens (tertiary/aromatic N) is 1. The van der Waals surface area contributed by atoms with Crippen LogP contribution in [-0.2, 0) is 4.74 Å². The number of methoxy groups -OCH3 is 1. The molecule has 5 heteroatoms. The molecule has 0 saturated carbocycles. The summed E-state index contributed by atoms with van der Waals surface area (Å²) < 4.78 is 4.74. The predicted octanol–water partition coefficient (Wildman–Crippen LogP) is 1.57. The fourth-order valence-corrected chi connectivity index (χ4v) is 2.00. The van der Waals surface area contributed by atoms with E-state index < -0.39 is 5.97 Å². The fourth-order valence-electron chi connectivity index (χ4n) is 2.00. The second-order valence-electron chi connectivity index (χ2n) is 4.43. The molecule has 0 radical (unpaired) electrons. The number of benzene rings is 1. The summed E-state index contributed by atoms with van der Waals surface area (Å²) in [5.74, 6) is -0.442. The highest BCUT2D eigenvalue weighted by Crippen LogP contribution is 2.26. The molecule has 0 fully saturated rings. The summed E-state index contributed by atoms with van der Waals surface area (Å²) in [7, 11) is 1.33. The van der Waals surface area contributed by atoms with Crippen LogP contribution in [0, 0.1) is 6.92 Å². The van der Waals surface area contributed by atoms with E-state index in [-0.39, 0.29) is 6.61 Å². The number of nitrogens with two attached hydrogens (primary N) is 1. The lowest BCUT2D eigenvalue weighted by Gasteiger charge is -2.25. The number of aliphatic hydroxyl groups excluding tert-OH is 1. The van der Waals surface area contributed by atoms with Crippen LogP contribution in [0.15, 0.2) is 12.1 Å². The molecule has 0 aliphatic heterocycles. The van der Waals surface area contributed by atoms with Crippen LogP contribution in [0.5, 0.6) is 0 Å². The number of esters is 1. The summed E-state index contributed by atoms with van der Waals surface area (Å²) in [4.78, 5) is 13.7. The number of carbonyl (C=O) groups excluding carboxylic acids is 1. The first-order valence-corrected chi connectivity index (χ1v) is 6.39. The lowest BCUT2D eigenvalue weighted by Crippen LogP contribution is -2.28. The third kappa shape index (κ3) is 3.61. The molecular weight excluding hydrogens is 244 g/mol. The van der Waals surface area contributed by atoms with Gasteiger partial charge in [0.15, 0.2) is 0 Å². The SMILES string of the molecule is CCCN(CCO)c1cc(C)c(N)c(C(=O)OC)c1. The monoisotopic (exact) mass is 266 g/mol. The van der Waals surface area contributed by atoms with E-state index >= 15 is 0 Å². The van der Waals surface area contributed by atoms with Crippen molar-refractivity contribution in [3.8, 4) is 0 Å². The zero-order valence-corrected chi connectivity index (χ0v) is 11.8. The quantitative estimate of drug-likeness (QED) is 0.604. The molecule has 0 aliphatic carbocycles. The molecule has 0 amide bonds. The van der Waals surface area contributed by atoms with Gasteiger partial charge in [0.1, 0.15) is 0 Å². The van der Waals surface area contributed by atoms with Crippen LogP contribution >= 0.6 is 0 Å². The molecule has 0 atom stereocenters. The van der Waals surface area contributed by atoms with Gasteiger partial charge in [-0.3, -0.25) is 0 Å². The molecule has 106 valence electrons. The Morgan fingerprint density at radius 2 is 2.11 bits per heavy atom. The highest BCUT2D eigenvalue weighted by atomic mass is 16.5. The third-order valence-corrected chi connectivity index (χ3v) is 3.01. The Labute approximate surface area is 114 Å². The van der Waals surface area contributed by atoms with Gasteiger partial charge in [0.2, 0.25) is 0 Å². The standard InChI is InChI=1S/C14H22N2O3/c1-4-5-16(6-7-17)11-8-10(2)13(15)12(9-11)14(18)19-3/h8-9,17H,4-7,15H2,1-3H3. The zero-order valence-electron chi connectivity index (χ0n) is 11.8. The van der Waals surface area contributed by atoms with Crippen LogP contribution in [0.25, 0.3) is 0 Å². The molecule has 0 unspecified atom stereocenters. The lowest BCUT2D eigenvalue weighted by molar-refractivity contribution is 0.0602. The van der Waals surface area contributed by atoms with Gasteiger partial charge in [0.25, 0.3) is 0 Å². The number of hydrogen-bond donors (Lipinski definition) is 2. The van der Waals surface area contributed by atoms with Gasteiger partial charge in [-0.2, -0.15) is 0 Å².